The van der Waals surface area contributed by atoms with E-state index in [-0.39, 0.29) is 18.0 Å². The molecule has 31 heavy (non-hydrogen) atoms. The van der Waals surface area contributed by atoms with Crippen molar-refractivity contribution in [1.29, 1.82) is 0 Å². The van der Waals surface area contributed by atoms with Crippen molar-refractivity contribution in [2.75, 3.05) is 6.54 Å². The third kappa shape index (κ3) is 5.13. The fourth-order valence-corrected chi connectivity index (χ4v) is 3.18. The quantitative estimate of drug-likeness (QED) is 0.438. The molecule has 0 spiro atoms. The van der Waals surface area contributed by atoms with Gasteiger partial charge in [-0.05, 0) is 54.9 Å². The minimum atomic E-state index is -0.295. The summed E-state index contributed by atoms with van der Waals surface area (Å²) >= 11 is 0. The Balaban J connectivity index is 1.49. The van der Waals surface area contributed by atoms with Crippen molar-refractivity contribution in [3.05, 3.63) is 94.5 Å². The van der Waals surface area contributed by atoms with Crippen LogP contribution in [0.3, 0.4) is 0 Å². The second-order valence-corrected chi connectivity index (χ2v) is 7.19. The van der Waals surface area contributed by atoms with Crippen LogP contribution in [0.5, 0.6) is 5.75 Å². The Morgan fingerprint density at radius 3 is 2.71 bits per heavy atom. The maximum Gasteiger partial charge on any atom is 0.258 e. The van der Waals surface area contributed by atoms with Gasteiger partial charge in [0, 0.05) is 29.5 Å². The maximum atomic E-state index is 13.0. The van der Waals surface area contributed by atoms with E-state index >= 15 is 0 Å². The second kappa shape index (κ2) is 9.49. The van der Waals surface area contributed by atoms with E-state index in [4.69, 9.17) is 4.74 Å². The van der Waals surface area contributed by atoms with Gasteiger partial charge in [-0.3, -0.25) is 9.36 Å². The number of fused-ring (bicyclic) bond motifs is 1. The number of ether oxygens (including phenoxy) is 1. The molecule has 0 radical (unpaired) electrons. The predicted molar refractivity (Wildman–Crippen MR) is 118 cm³/mol. The van der Waals surface area contributed by atoms with Crippen molar-refractivity contribution in [2.24, 2.45) is 0 Å². The highest BCUT2D eigenvalue weighted by Crippen LogP contribution is 2.17. The molecule has 6 nitrogen and oxygen atoms in total. The molecule has 2 aromatic heterocycles. The fraction of sp³-hybridized carbons (Fsp3) is 0.208. The minimum Gasteiger partial charge on any atom is -0.489 e. The van der Waals surface area contributed by atoms with Crippen LogP contribution in [-0.4, -0.2) is 21.1 Å². The molecule has 0 saturated carbocycles. The molecule has 1 N–H and O–H groups in total. The van der Waals surface area contributed by atoms with E-state index in [1.54, 1.807) is 35.2 Å². The molecule has 0 unspecified atom stereocenters. The average Bonchev–Trinajstić information content (AvgIpc) is 2.79. The van der Waals surface area contributed by atoms with Gasteiger partial charge in [0.25, 0.3) is 5.56 Å². The number of hydrogen-bond acceptors (Lipinski definition) is 5. The number of nitrogens with one attached hydrogen (secondary N) is 1. The van der Waals surface area contributed by atoms with Crippen LogP contribution in [0, 0.1) is 5.82 Å². The SMILES string of the molecule is CCCNCc1ncc2cc(-n3ccc(OCc4ccc(F)cc4)cc3=O)ccc2n1. The summed E-state index contributed by atoms with van der Waals surface area (Å²) in [6, 6.07) is 14.9. The van der Waals surface area contributed by atoms with Crippen LogP contribution in [-0.2, 0) is 13.2 Å². The molecule has 2 aromatic carbocycles. The maximum absolute atomic E-state index is 13.0. The van der Waals surface area contributed by atoms with Gasteiger partial charge in [0.05, 0.1) is 12.1 Å². The third-order valence-corrected chi connectivity index (χ3v) is 4.81. The van der Waals surface area contributed by atoms with Gasteiger partial charge in [-0.15, -0.1) is 0 Å². The van der Waals surface area contributed by atoms with E-state index in [0.717, 1.165) is 40.9 Å². The van der Waals surface area contributed by atoms with Crippen LogP contribution in [0.2, 0.25) is 0 Å². The summed E-state index contributed by atoms with van der Waals surface area (Å²) in [6.07, 6.45) is 4.51. The molecule has 0 fully saturated rings. The van der Waals surface area contributed by atoms with Crippen molar-refractivity contribution >= 4 is 10.9 Å². The van der Waals surface area contributed by atoms with E-state index in [1.165, 1.54) is 18.2 Å². The first-order chi connectivity index (χ1) is 15.1. The Bertz CT molecular complexity index is 1240. The Morgan fingerprint density at radius 2 is 1.94 bits per heavy atom. The first-order valence-electron chi connectivity index (χ1n) is 10.2. The summed E-state index contributed by atoms with van der Waals surface area (Å²) in [5.41, 5.74) is 2.17. The minimum absolute atomic E-state index is 0.211. The molecule has 0 amide bonds. The lowest BCUT2D eigenvalue weighted by molar-refractivity contribution is 0.305. The highest BCUT2D eigenvalue weighted by atomic mass is 19.1. The summed E-state index contributed by atoms with van der Waals surface area (Å²) in [6.45, 7) is 3.92. The Hall–Kier alpha value is -3.58. The Morgan fingerprint density at radius 1 is 1.10 bits per heavy atom. The van der Waals surface area contributed by atoms with Gasteiger partial charge in [-0.2, -0.15) is 0 Å². The smallest absolute Gasteiger partial charge is 0.258 e. The zero-order valence-corrected chi connectivity index (χ0v) is 17.2. The van der Waals surface area contributed by atoms with Crippen molar-refractivity contribution in [1.82, 2.24) is 19.9 Å². The molecule has 7 heteroatoms. The van der Waals surface area contributed by atoms with E-state index in [2.05, 4.69) is 22.2 Å². The molecular weight excluding hydrogens is 395 g/mol. The predicted octanol–water partition coefficient (Wildman–Crippen LogP) is 4.00. The van der Waals surface area contributed by atoms with Crippen LogP contribution in [0.1, 0.15) is 24.7 Å². The van der Waals surface area contributed by atoms with Gasteiger partial charge in [0.1, 0.15) is 24.0 Å². The lowest BCUT2D eigenvalue weighted by Crippen LogP contribution is -2.17. The molecule has 0 bridgehead atoms. The lowest BCUT2D eigenvalue weighted by Gasteiger charge is -2.10. The Labute approximate surface area is 179 Å². The van der Waals surface area contributed by atoms with Gasteiger partial charge < -0.3 is 10.1 Å². The Kier molecular flexibility index (Phi) is 6.33. The molecule has 158 valence electrons. The highest BCUT2D eigenvalue weighted by molar-refractivity contribution is 5.80. The number of hydrogen-bond donors (Lipinski definition) is 1. The normalized spacial score (nSPS) is 11.0. The molecule has 0 aliphatic heterocycles. The number of aromatic nitrogens is 3. The van der Waals surface area contributed by atoms with Gasteiger partial charge in [0.2, 0.25) is 0 Å². The monoisotopic (exact) mass is 418 g/mol. The van der Waals surface area contributed by atoms with Crippen molar-refractivity contribution in [3.8, 4) is 11.4 Å². The summed E-state index contributed by atoms with van der Waals surface area (Å²) in [7, 11) is 0. The van der Waals surface area contributed by atoms with Crippen molar-refractivity contribution in [3.63, 3.8) is 0 Å². The summed E-state index contributed by atoms with van der Waals surface area (Å²) in [4.78, 5) is 21.6. The van der Waals surface area contributed by atoms with Crippen molar-refractivity contribution in [2.45, 2.75) is 26.5 Å². The summed E-state index contributed by atoms with van der Waals surface area (Å²) in [5.74, 6) is 0.906. The second-order valence-electron chi connectivity index (χ2n) is 7.19. The molecule has 0 atom stereocenters. The average molecular weight is 418 g/mol. The van der Waals surface area contributed by atoms with E-state index in [1.807, 2.05) is 18.2 Å². The van der Waals surface area contributed by atoms with Gasteiger partial charge in [0.15, 0.2) is 0 Å². The summed E-state index contributed by atoms with van der Waals surface area (Å²) in [5, 5.41) is 4.15. The van der Waals surface area contributed by atoms with E-state index < -0.39 is 0 Å². The third-order valence-electron chi connectivity index (χ3n) is 4.81. The zero-order valence-electron chi connectivity index (χ0n) is 17.2. The van der Waals surface area contributed by atoms with Gasteiger partial charge >= 0.3 is 0 Å². The largest absolute Gasteiger partial charge is 0.489 e. The number of pyridine rings is 1. The number of nitrogens with zero attached hydrogens (tertiary/aromatic N) is 3. The highest BCUT2D eigenvalue weighted by Gasteiger charge is 2.06. The van der Waals surface area contributed by atoms with Crippen LogP contribution < -0.4 is 15.6 Å². The molecule has 0 aliphatic rings. The molecule has 0 saturated heterocycles. The van der Waals surface area contributed by atoms with Gasteiger partial charge in [-0.1, -0.05) is 19.1 Å². The van der Waals surface area contributed by atoms with E-state index in [9.17, 15) is 9.18 Å². The van der Waals surface area contributed by atoms with E-state index in [0.29, 0.717) is 12.3 Å². The van der Waals surface area contributed by atoms with Crippen LogP contribution in [0.15, 0.2) is 71.8 Å². The topological polar surface area (TPSA) is 69.0 Å². The van der Waals surface area contributed by atoms with Crippen LogP contribution in [0.25, 0.3) is 16.6 Å². The lowest BCUT2D eigenvalue weighted by atomic mass is 10.2. The zero-order chi connectivity index (χ0) is 21.6. The molecule has 4 aromatic rings. The molecule has 0 aliphatic carbocycles. The van der Waals surface area contributed by atoms with Crippen LogP contribution in [0.4, 0.5) is 4.39 Å². The number of rotatable bonds is 8. The first-order valence-corrected chi connectivity index (χ1v) is 10.2. The van der Waals surface area contributed by atoms with Crippen LogP contribution >= 0.6 is 0 Å². The number of benzene rings is 2. The molecule has 4 rings (SSSR count). The first kappa shape index (κ1) is 20.7. The van der Waals surface area contributed by atoms with Crippen molar-refractivity contribution < 1.29 is 9.13 Å². The van der Waals surface area contributed by atoms with Gasteiger partial charge in [-0.25, -0.2) is 14.4 Å². The molecular formula is C24H23FN4O2. The summed E-state index contributed by atoms with van der Waals surface area (Å²) < 4.78 is 20.2. The standard InChI is InChI=1S/C24H23FN4O2/c1-2-10-26-15-23-27-14-18-12-20(7-8-22(18)28-23)29-11-9-21(13-24(29)30)31-16-17-3-5-19(25)6-4-17/h3-9,11-14,26H,2,10,15-16H2,1H3. The number of halogens is 1. The fourth-order valence-electron chi connectivity index (χ4n) is 3.18. The molecule has 2 heterocycles.